The fraction of sp³-hybridized carbons (Fsp3) is 0.700. The van der Waals surface area contributed by atoms with E-state index in [0.717, 1.165) is 13.1 Å². The zero-order valence-corrected chi connectivity index (χ0v) is 10.8. The monoisotopic (exact) mass is 269 g/mol. The summed E-state index contributed by atoms with van der Waals surface area (Å²) in [6.45, 7) is 4.56. The van der Waals surface area contributed by atoms with Crippen LogP contribution in [0, 0.1) is 0 Å². The number of aliphatic hydroxyl groups excluding tert-OH is 1. The second kappa shape index (κ2) is 6.45. The molecule has 0 spiro atoms. The highest BCUT2D eigenvalue weighted by atomic mass is 16.5. The summed E-state index contributed by atoms with van der Waals surface area (Å²) in [4.78, 5) is 14.6. The number of hydrazine groups is 1. The van der Waals surface area contributed by atoms with Crippen LogP contribution in [0.3, 0.4) is 0 Å². The molecule has 1 unspecified atom stereocenters. The van der Waals surface area contributed by atoms with Crippen LogP contribution in [0.25, 0.3) is 0 Å². The number of nitrogens with two attached hydrogens (primary N) is 1. The number of nitrogens with one attached hydrogen (secondary N) is 2. The molecule has 0 aromatic carbocycles. The van der Waals surface area contributed by atoms with Gasteiger partial charge in [0.05, 0.1) is 19.8 Å². The van der Waals surface area contributed by atoms with Gasteiger partial charge in [0, 0.05) is 19.1 Å². The summed E-state index contributed by atoms with van der Waals surface area (Å²) in [6, 6.07) is -0.148. The average molecular weight is 269 g/mol. The van der Waals surface area contributed by atoms with Crippen LogP contribution in [0.1, 0.15) is 6.92 Å². The summed E-state index contributed by atoms with van der Waals surface area (Å²) < 4.78 is 5.29. The third-order valence-electron chi connectivity index (χ3n) is 2.70. The Balaban J connectivity index is 2.19. The molecule has 19 heavy (non-hydrogen) atoms. The first-order valence-electron chi connectivity index (χ1n) is 6.15. The van der Waals surface area contributed by atoms with Crippen LogP contribution in [0.15, 0.2) is 0 Å². The van der Waals surface area contributed by atoms with Crippen LogP contribution in [0.2, 0.25) is 0 Å². The normalized spacial score (nSPS) is 17.1. The summed E-state index contributed by atoms with van der Waals surface area (Å²) in [5, 5.41) is 12.0. The Bertz CT molecular complexity index is 411. The van der Waals surface area contributed by atoms with Crippen LogP contribution in [-0.2, 0) is 4.74 Å². The standard InChI is InChI=1S/C10H19N7O2/c1-7(6-18)12-8-13-9(16-11)15-10(14-8)17-2-4-19-5-3-17/h7,18H,2-6,11H2,1H3,(H2,12,13,14,15,16). The molecule has 0 aliphatic carbocycles. The molecule has 1 aromatic heterocycles. The molecule has 1 aliphatic rings. The number of morpholine rings is 1. The lowest BCUT2D eigenvalue weighted by molar-refractivity contribution is 0.122. The molecular formula is C10H19N7O2. The van der Waals surface area contributed by atoms with Crippen molar-refractivity contribution in [3.8, 4) is 0 Å². The van der Waals surface area contributed by atoms with E-state index in [1.807, 2.05) is 11.8 Å². The Labute approximate surface area is 111 Å². The molecule has 1 fully saturated rings. The number of hydrogen-bond donors (Lipinski definition) is 4. The minimum atomic E-state index is -0.148. The Morgan fingerprint density at radius 1 is 1.32 bits per heavy atom. The maximum atomic E-state index is 9.04. The maximum Gasteiger partial charge on any atom is 0.243 e. The van der Waals surface area contributed by atoms with Gasteiger partial charge in [-0.15, -0.1) is 0 Å². The Morgan fingerprint density at radius 3 is 2.63 bits per heavy atom. The van der Waals surface area contributed by atoms with Gasteiger partial charge in [0.25, 0.3) is 0 Å². The van der Waals surface area contributed by atoms with Gasteiger partial charge in [-0.2, -0.15) is 15.0 Å². The van der Waals surface area contributed by atoms with Crippen molar-refractivity contribution in [3.05, 3.63) is 0 Å². The predicted molar refractivity (Wildman–Crippen MR) is 70.8 cm³/mol. The van der Waals surface area contributed by atoms with Crippen molar-refractivity contribution in [2.24, 2.45) is 5.84 Å². The highest BCUT2D eigenvalue weighted by Crippen LogP contribution is 2.14. The van der Waals surface area contributed by atoms with Gasteiger partial charge in [0.1, 0.15) is 0 Å². The van der Waals surface area contributed by atoms with Crippen molar-refractivity contribution in [1.29, 1.82) is 0 Å². The van der Waals surface area contributed by atoms with Gasteiger partial charge >= 0.3 is 0 Å². The van der Waals surface area contributed by atoms with Gasteiger partial charge in [-0.3, -0.25) is 5.43 Å². The molecule has 5 N–H and O–H groups in total. The fourth-order valence-electron chi connectivity index (χ4n) is 1.66. The molecule has 2 rings (SSSR count). The summed E-state index contributed by atoms with van der Waals surface area (Å²) in [6.07, 6.45) is 0. The summed E-state index contributed by atoms with van der Waals surface area (Å²) in [7, 11) is 0. The maximum absolute atomic E-state index is 9.04. The van der Waals surface area contributed by atoms with Gasteiger partial charge in [0.2, 0.25) is 17.8 Å². The van der Waals surface area contributed by atoms with E-state index in [2.05, 4.69) is 25.7 Å². The average Bonchev–Trinajstić information content (AvgIpc) is 2.47. The topological polar surface area (TPSA) is 121 Å². The molecule has 0 bridgehead atoms. The number of anilines is 3. The summed E-state index contributed by atoms with van der Waals surface area (Å²) in [5.41, 5.74) is 2.42. The second-order valence-electron chi connectivity index (χ2n) is 4.25. The molecule has 9 heteroatoms. The third-order valence-corrected chi connectivity index (χ3v) is 2.70. The van der Waals surface area contributed by atoms with E-state index in [0.29, 0.717) is 25.1 Å². The van der Waals surface area contributed by atoms with E-state index in [4.69, 9.17) is 15.7 Å². The van der Waals surface area contributed by atoms with Gasteiger partial charge in [0.15, 0.2) is 0 Å². The first kappa shape index (κ1) is 13.7. The number of aromatic nitrogens is 3. The van der Waals surface area contributed by atoms with Crippen molar-refractivity contribution in [3.63, 3.8) is 0 Å². The van der Waals surface area contributed by atoms with Crippen molar-refractivity contribution in [1.82, 2.24) is 15.0 Å². The van der Waals surface area contributed by atoms with Gasteiger partial charge < -0.3 is 20.1 Å². The lowest BCUT2D eigenvalue weighted by atomic mass is 10.4. The Hall–Kier alpha value is -1.71. The Morgan fingerprint density at radius 2 is 2.00 bits per heavy atom. The van der Waals surface area contributed by atoms with Crippen LogP contribution < -0.4 is 21.5 Å². The van der Waals surface area contributed by atoms with E-state index in [1.54, 1.807) is 0 Å². The van der Waals surface area contributed by atoms with Crippen molar-refractivity contribution in [2.75, 3.05) is 48.6 Å². The SMILES string of the molecule is CC(CO)Nc1nc(NN)nc(N2CCOCC2)n1. The van der Waals surface area contributed by atoms with Crippen LogP contribution in [0.5, 0.6) is 0 Å². The number of aliphatic hydroxyl groups is 1. The molecular weight excluding hydrogens is 250 g/mol. The minimum absolute atomic E-state index is 0.00996. The highest BCUT2D eigenvalue weighted by Gasteiger charge is 2.16. The number of nitrogen functional groups attached to an aromatic ring is 1. The molecule has 2 heterocycles. The van der Waals surface area contributed by atoms with Gasteiger partial charge in [-0.25, -0.2) is 5.84 Å². The van der Waals surface area contributed by atoms with Crippen molar-refractivity contribution in [2.45, 2.75) is 13.0 Å². The second-order valence-corrected chi connectivity index (χ2v) is 4.25. The van der Waals surface area contributed by atoms with Crippen LogP contribution in [0.4, 0.5) is 17.8 Å². The van der Waals surface area contributed by atoms with E-state index in [9.17, 15) is 0 Å². The smallest absolute Gasteiger partial charge is 0.243 e. The molecule has 1 aliphatic heterocycles. The first-order valence-corrected chi connectivity index (χ1v) is 6.15. The van der Waals surface area contributed by atoms with Crippen LogP contribution >= 0.6 is 0 Å². The largest absolute Gasteiger partial charge is 0.394 e. The van der Waals surface area contributed by atoms with Crippen molar-refractivity contribution < 1.29 is 9.84 Å². The predicted octanol–water partition coefficient (Wildman–Crippen LogP) is -1.21. The number of hydrogen-bond acceptors (Lipinski definition) is 9. The number of ether oxygens (including phenoxy) is 1. The summed E-state index contributed by atoms with van der Waals surface area (Å²) in [5.74, 6) is 6.56. The third kappa shape index (κ3) is 3.63. The fourth-order valence-corrected chi connectivity index (χ4v) is 1.66. The molecule has 0 saturated carbocycles. The highest BCUT2D eigenvalue weighted by molar-refractivity contribution is 5.43. The molecule has 106 valence electrons. The van der Waals surface area contributed by atoms with Gasteiger partial charge in [-0.1, -0.05) is 0 Å². The lowest BCUT2D eigenvalue weighted by Crippen LogP contribution is -2.38. The number of nitrogens with zero attached hydrogens (tertiary/aromatic N) is 4. The van der Waals surface area contributed by atoms with Crippen LogP contribution in [-0.4, -0.2) is 59.0 Å². The molecule has 0 amide bonds. The molecule has 1 aromatic rings. The zero-order valence-electron chi connectivity index (χ0n) is 10.8. The zero-order chi connectivity index (χ0) is 13.7. The van der Waals surface area contributed by atoms with E-state index >= 15 is 0 Å². The lowest BCUT2D eigenvalue weighted by Gasteiger charge is -2.27. The quantitative estimate of drug-likeness (QED) is 0.385. The van der Waals surface area contributed by atoms with E-state index in [1.165, 1.54) is 0 Å². The Kier molecular flexibility index (Phi) is 4.66. The number of rotatable bonds is 5. The van der Waals surface area contributed by atoms with Gasteiger partial charge in [-0.05, 0) is 6.92 Å². The molecule has 9 nitrogen and oxygen atoms in total. The molecule has 0 radical (unpaired) electrons. The first-order chi connectivity index (χ1) is 9.22. The minimum Gasteiger partial charge on any atom is -0.394 e. The van der Waals surface area contributed by atoms with Crippen molar-refractivity contribution >= 4 is 17.8 Å². The molecule has 1 atom stereocenters. The molecule has 1 saturated heterocycles. The van der Waals surface area contributed by atoms with E-state index in [-0.39, 0.29) is 18.6 Å². The van der Waals surface area contributed by atoms with E-state index < -0.39 is 0 Å². The summed E-state index contributed by atoms with van der Waals surface area (Å²) >= 11 is 0.